The maximum Gasteiger partial charge on any atom is 0.702 e. The molecule has 0 rings (SSSR count). The molecular weight excluding hydrogens is 236 g/mol. The topological polar surface area (TPSA) is 52.4 Å². The molecule has 0 heterocycles. The molecule has 0 aromatic carbocycles. The SMILES string of the molecule is C=C[Si](OC)(ON=C(C)CC)ON=C(C)CC. The third-order valence-corrected chi connectivity index (χ3v) is 3.98. The van der Waals surface area contributed by atoms with Crippen LogP contribution in [0.2, 0.25) is 0 Å². The van der Waals surface area contributed by atoms with Crippen molar-refractivity contribution in [2.24, 2.45) is 10.3 Å². The molecule has 5 nitrogen and oxygen atoms in total. The Labute approximate surface area is 104 Å². The van der Waals surface area contributed by atoms with Crippen molar-refractivity contribution in [3.63, 3.8) is 0 Å². The van der Waals surface area contributed by atoms with Crippen molar-refractivity contribution in [3.8, 4) is 0 Å². The Morgan fingerprint density at radius 2 is 1.53 bits per heavy atom. The highest BCUT2D eigenvalue weighted by molar-refractivity contribution is 6.66. The molecule has 0 atom stereocenters. The molecule has 17 heavy (non-hydrogen) atoms. The van der Waals surface area contributed by atoms with Gasteiger partial charge in [0.05, 0.1) is 11.4 Å². The van der Waals surface area contributed by atoms with Gasteiger partial charge in [-0.3, -0.25) is 0 Å². The Morgan fingerprint density at radius 1 is 1.12 bits per heavy atom. The molecule has 0 aromatic heterocycles. The van der Waals surface area contributed by atoms with Crippen molar-refractivity contribution in [3.05, 3.63) is 12.3 Å². The number of oxime groups is 2. The van der Waals surface area contributed by atoms with Crippen LogP contribution >= 0.6 is 0 Å². The highest BCUT2D eigenvalue weighted by Crippen LogP contribution is 2.12. The first-order chi connectivity index (χ1) is 8.03. The van der Waals surface area contributed by atoms with Gasteiger partial charge in [-0.2, -0.15) is 0 Å². The van der Waals surface area contributed by atoms with E-state index in [1.807, 2.05) is 27.7 Å². The Balaban J connectivity index is 4.73. The van der Waals surface area contributed by atoms with Gasteiger partial charge in [-0.1, -0.05) is 20.4 Å². The van der Waals surface area contributed by atoms with Gasteiger partial charge >= 0.3 is 8.80 Å². The average molecular weight is 258 g/mol. The second-order valence-corrected chi connectivity index (χ2v) is 5.94. The van der Waals surface area contributed by atoms with Crippen LogP contribution in [-0.4, -0.2) is 27.3 Å². The summed E-state index contributed by atoms with van der Waals surface area (Å²) >= 11 is 0. The molecule has 0 saturated heterocycles. The summed E-state index contributed by atoms with van der Waals surface area (Å²) in [5, 5.41) is 7.90. The Bertz CT molecular complexity index is 281. The second-order valence-electron chi connectivity index (χ2n) is 3.55. The number of hydrogen-bond donors (Lipinski definition) is 0. The standard InChI is InChI=1S/C11H22N2O3Si/c1-7-10(4)12-15-17(9-3,14-6)16-13-11(5)8-2/h9H,3,7-8H2,1-2,4-6H3. The van der Waals surface area contributed by atoms with E-state index < -0.39 is 8.80 Å². The molecule has 0 amide bonds. The lowest BCUT2D eigenvalue weighted by molar-refractivity contribution is 0.0961. The molecule has 98 valence electrons. The van der Waals surface area contributed by atoms with Gasteiger partial charge in [-0.15, -0.1) is 10.3 Å². The van der Waals surface area contributed by atoms with Crippen LogP contribution in [0.5, 0.6) is 0 Å². The molecule has 0 aromatic rings. The summed E-state index contributed by atoms with van der Waals surface area (Å²) in [6.45, 7) is 11.4. The molecule has 0 aliphatic heterocycles. The molecule has 0 N–H and O–H groups in total. The summed E-state index contributed by atoms with van der Waals surface area (Å²) in [6.07, 6.45) is 1.62. The van der Waals surface area contributed by atoms with Gasteiger partial charge in [0.25, 0.3) is 0 Å². The van der Waals surface area contributed by atoms with Crippen LogP contribution in [0.4, 0.5) is 0 Å². The van der Waals surface area contributed by atoms with E-state index in [4.69, 9.17) is 13.5 Å². The summed E-state index contributed by atoms with van der Waals surface area (Å²) in [4.78, 5) is 0. The molecule has 6 heteroatoms. The molecule has 0 saturated carbocycles. The Kier molecular flexibility index (Phi) is 7.48. The minimum absolute atomic E-state index is 0.808. The van der Waals surface area contributed by atoms with Crippen molar-refractivity contribution >= 4 is 20.2 Å². The van der Waals surface area contributed by atoms with Crippen molar-refractivity contribution in [2.75, 3.05) is 7.11 Å². The third-order valence-electron chi connectivity index (χ3n) is 2.22. The quantitative estimate of drug-likeness (QED) is 0.382. The molecule has 0 radical (unpaired) electrons. The van der Waals surface area contributed by atoms with Gasteiger partial charge in [0.15, 0.2) is 0 Å². The zero-order valence-electron chi connectivity index (χ0n) is 11.3. The lowest BCUT2D eigenvalue weighted by Gasteiger charge is -2.19. The van der Waals surface area contributed by atoms with E-state index in [1.165, 1.54) is 12.8 Å². The van der Waals surface area contributed by atoms with Gasteiger partial charge in [0.1, 0.15) is 0 Å². The van der Waals surface area contributed by atoms with E-state index >= 15 is 0 Å². The van der Waals surface area contributed by atoms with E-state index in [9.17, 15) is 0 Å². The van der Waals surface area contributed by atoms with Gasteiger partial charge in [0.2, 0.25) is 0 Å². The smallest absolute Gasteiger partial charge is 0.380 e. The van der Waals surface area contributed by atoms with Crippen molar-refractivity contribution in [2.45, 2.75) is 40.5 Å². The number of hydrogen-bond acceptors (Lipinski definition) is 5. The van der Waals surface area contributed by atoms with E-state index in [0.29, 0.717) is 0 Å². The van der Waals surface area contributed by atoms with E-state index in [0.717, 1.165) is 24.3 Å². The monoisotopic (exact) mass is 258 g/mol. The number of rotatable bonds is 8. The summed E-state index contributed by atoms with van der Waals surface area (Å²) in [7, 11) is -1.51. The van der Waals surface area contributed by atoms with E-state index in [1.54, 1.807) is 0 Å². The van der Waals surface area contributed by atoms with Crippen LogP contribution < -0.4 is 0 Å². The van der Waals surface area contributed by atoms with Crippen molar-refractivity contribution < 1.29 is 13.5 Å². The summed E-state index contributed by atoms with van der Waals surface area (Å²) < 4.78 is 15.9. The lowest BCUT2D eigenvalue weighted by atomic mass is 10.3. The molecule has 0 spiro atoms. The summed E-state index contributed by atoms with van der Waals surface area (Å²) in [5.41, 5.74) is 3.23. The molecule has 0 aliphatic carbocycles. The minimum Gasteiger partial charge on any atom is -0.380 e. The van der Waals surface area contributed by atoms with Crippen LogP contribution in [0.25, 0.3) is 0 Å². The number of nitrogens with zero attached hydrogens (tertiary/aromatic N) is 2. The molecule has 0 bridgehead atoms. The largest absolute Gasteiger partial charge is 0.702 e. The van der Waals surface area contributed by atoms with Crippen LogP contribution in [0.1, 0.15) is 40.5 Å². The van der Waals surface area contributed by atoms with Gasteiger partial charge in [0, 0.05) is 12.8 Å². The zero-order chi connectivity index (χ0) is 13.3. The summed E-state index contributed by atoms with van der Waals surface area (Å²) in [5.74, 6) is 0. The van der Waals surface area contributed by atoms with Crippen LogP contribution in [0, 0.1) is 0 Å². The molecule has 0 fully saturated rings. The van der Waals surface area contributed by atoms with E-state index in [-0.39, 0.29) is 0 Å². The fourth-order valence-corrected chi connectivity index (χ4v) is 1.73. The second kappa shape index (κ2) is 8.02. The summed E-state index contributed by atoms with van der Waals surface area (Å²) in [6, 6.07) is 0. The molecule has 0 aliphatic rings. The highest BCUT2D eigenvalue weighted by Gasteiger charge is 2.43. The first-order valence-electron chi connectivity index (χ1n) is 5.65. The van der Waals surface area contributed by atoms with Crippen LogP contribution in [0.3, 0.4) is 0 Å². The minimum atomic E-state index is -3.01. The van der Waals surface area contributed by atoms with Gasteiger partial charge in [-0.05, 0) is 26.7 Å². The first kappa shape index (κ1) is 15.9. The first-order valence-corrected chi connectivity index (χ1v) is 7.45. The Morgan fingerprint density at radius 3 is 1.76 bits per heavy atom. The molecule has 0 unspecified atom stereocenters. The van der Waals surface area contributed by atoms with Gasteiger partial charge in [-0.25, -0.2) is 0 Å². The normalized spacial score (nSPS) is 16.3. The third kappa shape index (κ3) is 5.65. The predicted octanol–water partition coefficient (Wildman–Crippen LogP) is 2.90. The zero-order valence-corrected chi connectivity index (χ0v) is 12.3. The fraction of sp³-hybridized carbons (Fsp3) is 0.636. The van der Waals surface area contributed by atoms with Crippen molar-refractivity contribution in [1.82, 2.24) is 0 Å². The van der Waals surface area contributed by atoms with Crippen molar-refractivity contribution in [1.29, 1.82) is 0 Å². The average Bonchev–Trinajstić information content (AvgIpc) is 2.38. The maximum atomic E-state index is 5.33. The highest BCUT2D eigenvalue weighted by atomic mass is 28.4. The predicted molar refractivity (Wildman–Crippen MR) is 71.9 cm³/mol. The van der Waals surface area contributed by atoms with E-state index in [2.05, 4.69) is 16.9 Å². The van der Waals surface area contributed by atoms with Crippen LogP contribution in [0.15, 0.2) is 22.6 Å². The van der Waals surface area contributed by atoms with Gasteiger partial charge < -0.3 is 13.5 Å². The lowest BCUT2D eigenvalue weighted by Crippen LogP contribution is -2.40. The fourth-order valence-electron chi connectivity index (χ4n) is 0.661. The molecular formula is C11H22N2O3Si. The van der Waals surface area contributed by atoms with Crippen LogP contribution in [-0.2, 0) is 13.5 Å². The maximum absolute atomic E-state index is 5.33. The Hall–Kier alpha value is -1.14.